The minimum absolute atomic E-state index is 0. The Morgan fingerprint density at radius 2 is 2.00 bits per heavy atom. The smallest absolute Gasteiger partial charge is 0.243 e. The van der Waals surface area contributed by atoms with Crippen molar-refractivity contribution in [3.8, 4) is 0 Å². The molecule has 0 saturated heterocycles. The Hall–Kier alpha value is 0.440. The lowest BCUT2D eigenvalue weighted by Crippen LogP contribution is -2.31. The molecule has 1 aromatic heterocycles. The molecule has 100 valence electrons. The zero-order chi connectivity index (χ0) is 12.2. The number of rotatable bonds is 6. The van der Waals surface area contributed by atoms with Gasteiger partial charge in [0.2, 0.25) is 10.0 Å². The Bertz CT molecular complexity index is 448. The maximum absolute atomic E-state index is 11.8. The van der Waals surface area contributed by atoms with Crippen LogP contribution in [-0.2, 0) is 10.0 Å². The van der Waals surface area contributed by atoms with Crippen molar-refractivity contribution in [2.24, 2.45) is 0 Å². The van der Waals surface area contributed by atoms with Crippen molar-refractivity contribution in [2.75, 3.05) is 19.6 Å². The molecular formula is C8H13Cl3N2O2S2. The lowest BCUT2D eigenvalue weighted by molar-refractivity contribution is 0.578. The largest absolute Gasteiger partial charge is 0.316 e. The van der Waals surface area contributed by atoms with Crippen molar-refractivity contribution in [2.45, 2.75) is 11.8 Å². The van der Waals surface area contributed by atoms with E-state index in [1.807, 2.05) is 6.92 Å². The van der Waals surface area contributed by atoms with Gasteiger partial charge in [0.05, 0.1) is 4.34 Å². The van der Waals surface area contributed by atoms with E-state index in [1.54, 1.807) is 0 Å². The first kappa shape index (κ1) is 17.4. The first-order valence-electron chi connectivity index (χ1n) is 4.62. The second kappa shape index (κ2) is 7.78. The van der Waals surface area contributed by atoms with Gasteiger partial charge in [-0.15, -0.1) is 23.7 Å². The molecule has 0 atom stereocenters. The van der Waals surface area contributed by atoms with Crippen LogP contribution in [0.4, 0.5) is 0 Å². The van der Waals surface area contributed by atoms with E-state index < -0.39 is 10.0 Å². The van der Waals surface area contributed by atoms with Gasteiger partial charge in [-0.1, -0.05) is 30.1 Å². The zero-order valence-electron chi connectivity index (χ0n) is 9.00. The van der Waals surface area contributed by atoms with Crippen molar-refractivity contribution in [3.05, 3.63) is 14.7 Å². The highest BCUT2D eigenvalue weighted by Gasteiger charge is 2.20. The molecule has 0 unspecified atom stereocenters. The molecule has 0 bridgehead atoms. The van der Waals surface area contributed by atoms with E-state index >= 15 is 0 Å². The molecule has 0 aromatic carbocycles. The van der Waals surface area contributed by atoms with Crippen LogP contribution in [-0.4, -0.2) is 28.1 Å². The molecular weight excluding hydrogens is 327 g/mol. The number of thiophene rings is 1. The van der Waals surface area contributed by atoms with E-state index in [0.717, 1.165) is 17.9 Å². The van der Waals surface area contributed by atoms with Gasteiger partial charge in [-0.3, -0.25) is 0 Å². The molecule has 0 aliphatic heterocycles. The highest BCUT2D eigenvalue weighted by molar-refractivity contribution is 7.89. The fraction of sp³-hybridized carbons (Fsp3) is 0.500. The fourth-order valence-corrected chi connectivity index (χ4v) is 4.22. The van der Waals surface area contributed by atoms with Crippen LogP contribution in [0.2, 0.25) is 8.67 Å². The van der Waals surface area contributed by atoms with Crippen LogP contribution in [0.5, 0.6) is 0 Å². The van der Waals surface area contributed by atoms with Crippen LogP contribution in [0.1, 0.15) is 6.92 Å². The predicted octanol–water partition coefficient (Wildman–Crippen LogP) is 2.36. The van der Waals surface area contributed by atoms with Gasteiger partial charge >= 0.3 is 0 Å². The predicted molar refractivity (Wildman–Crippen MR) is 75.3 cm³/mol. The van der Waals surface area contributed by atoms with Crippen molar-refractivity contribution in [1.82, 2.24) is 10.0 Å². The van der Waals surface area contributed by atoms with Crippen LogP contribution in [0, 0.1) is 0 Å². The first-order chi connectivity index (χ1) is 7.47. The van der Waals surface area contributed by atoms with E-state index in [0.29, 0.717) is 17.4 Å². The van der Waals surface area contributed by atoms with Gasteiger partial charge < -0.3 is 5.32 Å². The molecule has 2 N–H and O–H groups in total. The third-order valence-corrected chi connectivity index (χ3v) is 4.97. The van der Waals surface area contributed by atoms with E-state index in [2.05, 4.69) is 10.0 Å². The SMILES string of the molecule is CCNCCNS(=O)(=O)c1cc(Cl)sc1Cl.Cl. The van der Waals surface area contributed by atoms with E-state index in [1.165, 1.54) is 6.07 Å². The third-order valence-electron chi connectivity index (χ3n) is 1.76. The molecule has 1 rings (SSSR count). The number of sulfonamides is 1. The zero-order valence-corrected chi connectivity index (χ0v) is 13.0. The molecule has 1 heterocycles. The quantitative estimate of drug-likeness (QED) is 0.782. The Morgan fingerprint density at radius 1 is 1.35 bits per heavy atom. The summed E-state index contributed by atoms with van der Waals surface area (Å²) in [5.74, 6) is 0. The number of nitrogens with one attached hydrogen (secondary N) is 2. The van der Waals surface area contributed by atoms with Gasteiger partial charge in [-0.25, -0.2) is 13.1 Å². The molecule has 0 spiro atoms. The van der Waals surface area contributed by atoms with E-state index in [4.69, 9.17) is 23.2 Å². The van der Waals surface area contributed by atoms with Crippen molar-refractivity contribution in [1.29, 1.82) is 0 Å². The summed E-state index contributed by atoms with van der Waals surface area (Å²) in [4.78, 5) is 0.0423. The minimum Gasteiger partial charge on any atom is -0.316 e. The molecule has 1 aromatic rings. The van der Waals surface area contributed by atoms with Gasteiger partial charge in [-0.05, 0) is 12.6 Å². The van der Waals surface area contributed by atoms with Gasteiger partial charge in [0.1, 0.15) is 9.23 Å². The molecule has 0 aliphatic rings. The lowest BCUT2D eigenvalue weighted by atomic mass is 10.6. The summed E-state index contributed by atoms with van der Waals surface area (Å²) in [6, 6.07) is 1.35. The number of hydrogen-bond donors (Lipinski definition) is 2. The second-order valence-electron chi connectivity index (χ2n) is 2.94. The Morgan fingerprint density at radius 3 is 2.47 bits per heavy atom. The summed E-state index contributed by atoms with van der Waals surface area (Å²) in [7, 11) is -3.55. The molecule has 0 radical (unpaired) electrons. The molecule has 0 amide bonds. The van der Waals surface area contributed by atoms with Crippen LogP contribution in [0.3, 0.4) is 0 Å². The molecule has 0 saturated carbocycles. The Labute approximate surface area is 121 Å². The lowest BCUT2D eigenvalue weighted by Gasteiger charge is -2.05. The van der Waals surface area contributed by atoms with Crippen molar-refractivity contribution in [3.63, 3.8) is 0 Å². The number of likely N-dealkylation sites (N-methyl/N-ethyl adjacent to an activating group) is 1. The van der Waals surface area contributed by atoms with Crippen LogP contribution < -0.4 is 10.0 Å². The average Bonchev–Trinajstić information content (AvgIpc) is 2.53. The van der Waals surface area contributed by atoms with E-state index in [9.17, 15) is 8.42 Å². The standard InChI is InChI=1S/C8H12Cl2N2O2S2.ClH/c1-2-11-3-4-12-16(13,14)6-5-7(9)15-8(6)10;/h5,11-12H,2-4H2,1H3;1H. The molecule has 9 heteroatoms. The maximum Gasteiger partial charge on any atom is 0.243 e. The maximum atomic E-state index is 11.8. The topological polar surface area (TPSA) is 58.2 Å². The third kappa shape index (κ3) is 5.30. The number of hydrogen-bond acceptors (Lipinski definition) is 4. The summed E-state index contributed by atoms with van der Waals surface area (Å²) in [6.07, 6.45) is 0. The summed E-state index contributed by atoms with van der Waals surface area (Å²) >= 11 is 12.5. The summed E-state index contributed by atoms with van der Waals surface area (Å²) in [5, 5.41) is 3.01. The molecule has 0 fully saturated rings. The second-order valence-corrected chi connectivity index (χ2v) is 6.96. The van der Waals surface area contributed by atoms with Crippen molar-refractivity contribution >= 4 is 57.0 Å². The molecule has 4 nitrogen and oxygen atoms in total. The summed E-state index contributed by atoms with van der Waals surface area (Å²) in [6.45, 7) is 3.64. The monoisotopic (exact) mass is 338 g/mol. The normalized spacial score (nSPS) is 11.2. The van der Waals surface area contributed by atoms with Crippen LogP contribution in [0.15, 0.2) is 11.0 Å². The fourth-order valence-electron chi connectivity index (χ4n) is 1.04. The van der Waals surface area contributed by atoms with E-state index in [-0.39, 0.29) is 21.6 Å². The Kier molecular flexibility index (Phi) is 7.98. The Balaban J connectivity index is 0.00000256. The van der Waals surface area contributed by atoms with Gasteiger partial charge in [0.25, 0.3) is 0 Å². The van der Waals surface area contributed by atoms with Crippen LogP contribution >= 0.6 is 46.9 Å². The molecule has 0 aliphatic carbocycles. The highest BCUT2D eigenvalue weighted by Crippen LogP contribution is 2.33. The van der Waals surface area contributed by atoms with Gasteiger partial charge in [0.15, 0.2) is 0 Å². The van der Waals surface area contributed by atoms with Gasteiger partial charge in [-0.2, -0.15) is 0 Å². The minimum atomic E-state index is -3.55. The summed E-state index contributed by atoms with van der Waals surface area (Å²) in [5.41, 5.74) is 0. The highest BCUT2D eigenvalue weighted by atomic mass is 35.5. The first-order valence-corrected chi connectivity index (χ1v) is 7.68. The summed E-state index contributed by atoms with van der Waals surface area (Å²) < 4.78 is 26.5. The number of halogens is 3. The van der Waals surface area contributed by atoms with Crippen molar-refractivity contribution < 1.29 is 8.42 Å². The van der Waals surface area contributed by atoms with Gasteiger partial charge in [0, 0.05) is 13.1 Å². The van der Waals surface area contributed by atoms with Crippen LogP contribution in [0.25, 0.3) is 0 Å². The molecule has 17 heavy (non-hydrogen) atoms. The average molecular weight is 340 g/mol.